The Labute approximate surface area is 248 Å². The summed E-state index contributed by atoms with van der Waals surface area (Å²) in [5, 5.41) is 0. The molecule has 0 fully saturated rings. The molecule has 210 valence electrons. The van der Waals surface area contributed by atoms with E-state index in [1.54, 1.807) is 18.6 Å². The second-order valence-corrected chi connectivity index (χ2v) is 10.1. The molecule has 0 saturated heterocycles. The van der Waals surface area contributed by atoms with Gasteiger partial charge in [-0.15, -0.1) is 0 Å². The van der Waals surface area contributed by atoms with Gasteiger partial charge in [-0.2, -0.15) is 0 Å². The maximum Gasteiger partial charge on any atom is 0.0918 e. The highest BCUT2D eigenvalue weighted by molar-refractivity contribution is 5.59. The van der Waals surface area contributed by atoms with Crippen LogP contribution in [0.15, 0.2) is 110 Å². The standard InChI is InChI=1S/3C12H12N2/c1-9-6-7-10(2)14-12(9)11-5-3-4-8-13-11;1-9-7-10(2)12(14-8-9)11-5-3-4-6-13-11;1-9-7-10(2)14-12(8-9)11-5-3-4-6-13-11/h3*3-8H,1-2H3. The molecule has 0 saturated carbocycles. The first-order chi connectivity index (χ1) is 20.3. The zero-order valence-electron chi connectivity index (χ0n) is 25.1. The van der Waals surface area contributed by atoms with Crippen LogP contribution < -0.4 is 0 Å². The molecule has 6 aromatic rings. The van der Waals surface area contributed by atoms with Crippen LogP contribution in [0.3, 0.4) is 0 Å². The molecule has 0 atom stereocenters. The summed E-state index contributed by atoms with van der Waals surface area (Å²) in [7, 11) is 0. The molecule has 0 bridgehead atoms. The van der Waals surface area contributed by atoms with Crippen molar-refractivity contribution < 1.29 is 0 Å². The van der Waals surface area contributed by atoms with Gasteiger partial charge in [-0.3, -0.25) is 29.9 Å². The average molecular weight is 553 g/mol. The first-order valence-corrected chi connectivity index (χ1v) is 13.9. The fraction of sp³-hybridized carbons (Fsp3) is 0.167. The van der Waals surface area contributed by atoms with Gasteiger partial charge < -0.3 is 0 Å². The Morgan fingerprint density at radius 2 is 1.00 bits per heavy atom. The minimum absolute atomic E-state index is 0.930. The van der Waals surface area contributed by atoms with Crippen LogP contribution in [0.1, 0.15) is 33.6 Å². The predicted molar refractivity (Wildman–Crippen MR) is 171 cm³/mol. The molecular formula is C36H36N6. The Balaban J connectivity index is 0.000000145. The minimum Gasteiger partial charge on any atom is -0.255 e. The van der Waals surface area contributed by atoms with Crippen molar-refractivity contribution in [2.75, 3.05) is 0 Å². The molecule has 0 aliphatic heterocycles. The predicted octanol–water partition coefficient (Wildman–Crippen LogP) is 8.28. The second-order valence-electron chi connectivity index (χ2n) is 10.1. The summed E-state index contributed by atoms with van der Waals surface area (Å²) in [5.41, 5.74) is 12.5. The van der Waals surface area contributed by atoms with Gasteiger partial charge in [-0.05, 0) is 118 Å². The van der Waals surface area contributed by atoms with E-state index >= 15 is 0 Å². The maximum absolute atomic E-state index is 4.48. The van der Waals surface area contributed by atoms with Gasteiger partial charge in [0.1, 0.15) is 0 Å². The normalized spacial score (nSPS) is 10.1. The Hall–Kier alpha value is -5.10. The van der Waals surface area contributed by atoms with Gasteiger partial charge in [0, 0.05) is 36.2 Å². The lowest BCUT2D eigenvalue weighted by atomic mass is 10.1. The SMILES string of the molecule is Cc1cc(C)nc(-c2ccccn2)c1.Cc1ccc(C)c(-c2ccccn2)n1.Cc1cnc(-c2ccccn2)c(C)c1. The quantitative estimate of drug-likeness (QED) is 0.220. The molecular weight excluding hydrogens is 516 g/mol. The Morgan fingerprint density at radius 3 is 1.55 bits per heavy atom. The van der Waals surface area contributed by atoms with E-state index in [4.69, 9.17) is 0 Å². The third-order valence-electron chi connectivity index (χ3n) is 6.29. The van der Waals surface area contributed by atoms with Gasteiger partial charge >= 0.3 is 0 Å². The number of pyridine rings is 6. The highest BCUT2D eigenvalue weighted by atomic mass is 14.8. The van der Waals surface area contributed by atoms with Gasteiger partial charge in [0.15, 0.2) is 0 Å². The fourth-order valence-electron chi connectivity index (χ4n) is 4.36. The van der Waals surface area contributed by atoms with E-state index in [0.717, 1.165) is 51.1 Å². The third kappa shape index (κ3) is 8.45. The van der Waals surface area contributed by atoms with Crippen molar-refractivity contribution in [3.8, 4) is 34.2 Å². The number of aryl methyl sites for hydroxylation is 6. The summed E-state index contributed by atoms with van der Waals surface area (Å²) >= 11 is 0. The molecule has 6 aromatic heterocycles. The highest BCUT2D eigenvalue weighted by Gasteiger charge is 2.05. The lowest BCUT2D eigenvalue weighted by Gasteiger charge is -2.04. The van der Waals surface area contributed by atoms with Crippen LogP contribution in [-0.2, 0) is 0 Å². The lowest BCUT2D eigenvalue weighted by molar-refractivity contribution is 1.15. The number of rotatable bonds is 3. The van der Waals surface area contributed by atoms with E-state index in [0.29, 0.717) is 0 Å². The van der Waals surface area contributed by atoms with Crippen molar-refractivity contribution in [2.24, 2.45) is 0 Å². The molecule has 6 heteroatoms. The lowest BCUT2D eigenvalue weighted by Crippen LogP contribution is -1.92. The van der Waals surface area contributed by atoms with Crippen LogP contribution >= 0.6 is 0 Å². The van der Waals surface area contributed by atoms with Gasteiger partial charge in [0.25, 0.3) is 0 Å². The van der Waals surface area contributed by atoms with E-state index in [1.165, 1.54) is 16.7 Å². The molecule has 6 rings (SSSR count). The molecule has 0 aliphatic carbocycles. The van der Waals surface area contributed by atoms with Crippen molar-refractivity contribution in [1.82, 2.24) is 29.9 Å². The highest BCUT2D eigenvalue weighted by Crippen LogP contribution is 2.19. The van der Waals surface area contributed by atoms with Gasteiger partial charge in [0.2, 0.25) is 0 Å². The van der Waals surface area contributed by atoms with E-state index in [9.17, 15) is 0 Å². The Kier molecular flexibility index (Phi) is 10.3. The van der Waals surface area contributed by atoms with E-state index < -0.39 is 0 Å². The van der Waals surface area contributed by atoms with Crippen LogP contribution in [0.4, 0.5) is 0 Å². The Morgan fingerprint density at radius 1 is 0.405 bits per heavy atom. The smallest absolute Gasteiger partial charge is 0.0918 e. The van der Waals surface area contributed by atoms with Crippen LogP contribution in [0.5, 0.6) is 0 Å². The number of hydrogen-bond donors (Lipinski definition) is 0. The molecule has 0 radical (unpaired) electrons. The van der Waals surface area contributed by atoms with Crippen LogP contribution in [0, 0.1) is 41.5 Å². The molecule has 0 N–H and O–H groups in total. The van der Waals surface area contributed by atoms with Gasteiger partial charge in [0.05, 0.1) is 34.2 Å². The third-order valence-corrected chi connectivity index (χ3v) is 6.29. The first kappa shape index (κ1) is 29.9. The van der Waals surface area contributed by atoms with E-state index in [2.05, 4.69) is 74.9 Å². The fourth-order valence-corrected chi connectivity index (χ4v) is 4.36. The van der Waals surface area contributed by atoms with Crippen molar-refractivity contribution in [1.29, 1.82) is 0 Å². The molecule has 6 heterocycles. The molecule has 6 nitrogen and oxygen atoms in total. The Bertz CT molecular complexity index is 1700. The van der Waals surface area contributed by atoms with Crippen molar-refractivity contribution in [3.05, 3.63) is 143 Å². The summed E-state index contributed by atoms with van der Waals surface area (Å²) in [5.74, 6) is 0. The number of aromatic nitrogens is 6. The topological polar surface area (TPSA) is 77.3 Å². The largest absolute Gasteiger partial charge is 0.255 e. The summed E-state index contributed by atoms with van der Waals surface area (Å²) in [6.07, 6.45) is 7.24. The van der Waals surface area contributed by atoms with Crippen molar-refractivity contribution in [3.63, 3.8) is 0 Å². The van der Waals surface area contributed by atoms with Crippen LogP contribution in [0.25, 0.3) is 34.2 Å². The molecule has 0 spiro atoms. The monoisotopic (exact) mass is 552 g/mol. The van der Waals surface area contributed by atoms with Crippen LogP contribution in [0.2, 0.25) is 0 Å². The molecule has 0 unspecified atom stereocenters. The number of hydrogen-bond acceptors (Lipinski definition) is 6. The molecule has 42 heavy (non-hydrogen) atoms. The molecule has 0 aromatic carbocycles. The van der Waals surface area contributed by atoms with Gasteiger partial charge in [-0.25, -0.2) is 0 Å². The molecule has 0 amide bonds. The summed E-state index contributed by atoms with van der Waals surface area (Å²) in [6, 6.07) is 27.9. The first-order valence-electron chi connectivity index (χ1n) is 13.9. The molecule has 0 aliphatic rings. The van der Waals surface area contributed by atoms with E-state index in [-0.39, 0.29) is 0 Å². The average Bonchev–Trinajstić information content (AvgIpc) is 3.00. The van der Waals surface area contributed by atoms with Gasteiger partial charge in [-0.1, -0.05) is 30.3 Å². The van der Waals surface area contributed by atoms with Crippen molar-refractivity contribution >= 4 is 0 Å². The van der Waals surface area contributed by atoms with Crippen molar-refractivity contribution in [2.45, 2.75) is 41.5 Å². The maximum atomic E-state index is 4.48. The summed E-state index contributed by atoms with van der Waals surface area (Å²) in [4.78, 5) is 26.1. The minimum atomic E-state index is 0.930. The second kappa shape index (κ2) is 14.5. The van der Waals surface area contributed by atoms with E-state index in [1.807, 2.05) is 87.6 Å². The zero-order chi connectivity index (χ0) is 29.9. The zero-order valence-corrected chi connectivity index (χ0v) is 25.1. The van der Waals surface area contributed by atoms with Crippen LogP contribution in [-0.4, -0.2) is 29.9 Å². The summed E-state index contributed by atoms with van der Waals surface area (Å²) in [6.45, 7) is 12.2. The summed E-state index contributed by atoms with van der Waals surface area (Å²) < 4.78 is 0. The number of nitrogens with zero attached hydrogens (tertiary/aromatic N) is 6.